The van der Waals surface area contributed by atoms with Crippen molar-refractivity contribution in [2.45, 2.75) is 76.2 Å². The van der Waals surface area contributed by atoms with E-state index in [0.717, 1.165) is 49.9 Å². The lowest BCUT2D eigenvalue weighted by atomic mass is 10.2. The topological polar surface area (TPSA) is 0 Å². The van der Waals surface area contributed by atoms with Gasteiger partial charge < -0.3 is 4.11 Å². The zero-order chi connectivity index (χ0) is 13.1. The van der Waals surface area contributed by atoms with Crippen LogP contribution in [0.25, 0.3) is 0 Å². The lowest BCUT2D eigenvalue weighted by molar-refractivity contribution is 0.171. The molecule has 0 N–H and O–H groups in total. The van der Waals surface area contributed by atoms with E-state index in [0.29, 0.717) is 0 Å². The third-order valence-electron chi connectivity index (χ3n) is 3.56. The van der Waals surface area contributed by atoms with Crippen molar-refractivity contribution in [2.24, 2.45) is 0 Å². The third kappa shape index (κ3) is 9.88. The molecule has 0 heterocycles. The van der Waals surface area contributed by atoms with Crippen molar-refractivity contribution in [3.05, 3.63) is 0 Å². The molecule has 0 atom stereocenters. The quantitative estimate of drug-likeness (QED) is 0.291. The van der Waals surface area contributed by atoms with Crippen LogP contribution in [0.4, 0.5) is 12.9 Å². The average Bonchev–Trinajstić information content (AvgIpc) is 2.32. The minimum absolute atomic E-state index is 0.173. The van der Waals surface area contributed by atoms with Crippen molar-refractivity contribution in [1.82, 2.24) is 0 Å². The summed E-state index contributed by atoms with van der Waals surface area (Å²) < 4.78 is 37.8. The monoisotopic (exact) mass is 284 g/mol. The Morgan fingerprint density at radius 3 is 2.12 bits per heavy atom. The van der Waals surface area contributed by atoms with Crippen LogP contribution in [0.2, 0.25) is 30.2 Å². The van der Waals surface area contributed by atoms with E-state index in [-0.39, 0.29) is 6.04 Å². The zero-order valence-electron chi connectivity index (χ0n) is 11.3. The van der Waals surface area contributed by atoms with Crippen LogP contribution >= 0.6 is 0 Å². The highest BCUT2D eigenvalue weighted by molar-refractivity contribution is 6.73. The molecule has 0 nitrogen and oxygen atoms in total. The van der Waals surface area contributed by atoms with Crippen molar-refractivity contribution >= 4 is 17.9 Å². The molecule has 0 aromatic heterocycles. The molecule has 0 unspecified atom stereocenters. The Morgan fingerprint density at radius 1 is 1.00 bits per heavy atom. The highest BCUT2D eigenvalue weighted by Crippen LogP contribution is 2.25. The van der Waals surface area contributed by atoms with Gasteiger partial charge in [-0.15, -0.1) is 0 Å². The number of alkyl halides is 2. The Hall–Kier alpha value is 0.224. The van der Waals surface area contributed by atoms with Gasteiger partial charge in [-0.05, 0) is 24.2 Å². The van der Waals surface area contributed by atoms with Gasteiger partial charge in [-0.1, -0.05) is 45.6 Å². The second-order valence-corrected chi connectivity index (χ2v) is 11.1. The maximum Gasteiger partial charge on any atom is 0.246 e. The molecule has 0 rings (SSSR count). The van der Waals surface area contributed by atoms with Crippen LogP contribution in [0.3, 0.4) is 0 Å². The molecule has 0 aromatic carbocycles. The molecule has 0 fully saturated rings. The third-order valence-corrected chi connectivity index (χ3v) is 9.19. The molecule has 0 spiro atoms. The van der Waals surface area contributed by atoms with Crippen molar-refractivity contribution in [3.63, 3.8) is 0 Å². The van der Waals surface area contributed by atoms with Crippen molar-refractivity contribution in [2.75, 3.05) is 0 Å². The summed E-state index contributed by atoms with van der Waals surface area (Å²) in [7, 11) is -2.90. The second kappa shape index (κ2) is 10.2. The number of halogens is 3. The van der Waals surface area contributed by atoms with Gasteiger partial charge in [-0.3, -0.25) is 0 Å². The first-order valence-corrected chi connectivity index (χ1v) is 11.5. The van der Waals surface area contributed by atoms with Gasteiger partial charge in [0.1, 0.15) is 0 Å². The maximum absolute atomic E-state index is 14.0. The van der Waals surface area contributed by atoms with Crippen molar-refractivity contribution < 1.29 is 12.9 Å². The first kappa shape index (κ1) is 17.2. The van der Waals surface area contributed by atoms with Crippen molar-refractivity contribution in [1.29, 1.82) is 0 Å². The summed E-state index contributed by atoms with van der Waals surface area (Å²) in [6, 6.07) is 3.49. The number of rotatable bonds is 11. The molecule has 0 aliphatic heterocycles. The lowest BCUT2D eigenvalue weighted by Crippen LogP contribution is -2.25. The summed E-state index contributed by atoms with van der Waals surface area (Å²) in [5.74, 6) is 0. The zero-order valence-corrected chi connectivity index (χ0v) is 13.7. The van der Waals surface area contributed by atoms with Crippen LogP contribution in [0, 0.1) is 0 Å². The molecule has 0 amide bonds. The van der Waals surface area contributed by atoms with Crippen LogP contribution in [0.1, 0.15) is 39.5 Å². The number of unbranched alkanes of at least 4 members (excludes halogenated alkanes) is 3. The Labute approximate surface area is 107 Å². The summed E-state index contributed by atoms with van der Waals surface area (Å²) in [6.45, 7) is 3.93. The van der Waals surface area contributed by atoms with E-state index in [1.165, 1.54) is 0 Å². The van der Waals surface area contributed by atoms with Gasteiger partial charge in [0, 0.05) is 9.52 Å². The standard InChI is InChI=1S/C12H27F3Si2/c1-3-17(15,4-2)10-8-6-5-7-9-16-11-12(13)14/h12H,3-11,16H2,1-2H3. The van der Waals surface area contributed by atoms with E-state index in [1.807, 2.05) is 13.8 Å². The Morgan fingerprint density at radius 2 is 1.59 bits per heavy atom. The SMILES string of the molecule is CC[Si](F)(CC)CCCCCC[SiH2]CC(F)F. The van der Waals surface area contributed by atoms with Gasteiger partial charge in [0.25, 0.3) is 0 Å². The number of hydrogen-bond acceptors (Lipinski definition) is 0. The molecular formula is C12H27F3Si2. The predicted octanol–water partition coefficient (Wildman–Crippen LogP) is 4.77. The molecule has 0 aliphatic rings. The summed E-state index contributed by atoms with van der Waals surface area (Å²) in [5, 5.41) is 0. The molecule has 0 saturated carbocycles. The minimum atomic E-state index is -2.38. The van der Waals surface area contributed by atoms with Gasteiger partial charge in [-0.2, -0.15) is 0 Å². The van der Waals surface area contributed by atoms with Gasteiger partial charge in [0.15, 0.2) is 0 Å². The van der Waals surface area contributed by atoms with Crippen LogP contribution in [0.15, 0.2) is 0 Å². The molecule has 0 aromatic rings. The largest absolute Gasteiger partial charge is 0.314 e. The van der Waals surface area contributed by atoms with Crippen LogP contribution in [-0.4, -0.2) is 24.4 Å². The van der Waals surface area contributed by atoms with Crippen LogP contribution in [-0.2, 0) is 0 Å². The molecule has 0 bridgehead atoms. The van der Waals surface area contributed by atoms with E-state index < -0.39 is 24.4 Å². The smallest absolute Gasteiger partial charge is 0.246 e. The van der Waals surface area contributed by atoms with Crippen LogP contribution < -0.4 is 0 Å². The Bertz CT molecular complexity index is 173. The van der Waals surface area contributed by atoms with Crippen molar-refractivity contribution in [3.8, 4) is 0 Å². The number of hydrogen-bond donors (Lipinski definition) is 0. The highest BCUT2D eigenvalue weighted by atomic mass is 28.4. The van der Waals surface area contributed by atoms with E-state index >= 15 is 0 Å². The predicted molar refractivity (Wildman–Crippen MR) is 75.3 cm³/mol. The molecule has 104 valence electrons. The molecule has 17 heavy (non-hydrogen) atoms. The van der Waals surface area contributed by atoms with Gasteiger partial charge in [0.2, 0.25) is 14.8 Å². The summed E-state index contributed by atoms with van der Waals surface area (Å²) in [6.07, 6.45) is 2.18. The Kier molecular flexibility index (Phi) is 10.3. The molecule has 0 saturated heterocycles. The van der Waals surface area contributed by atoms with E-state index in [9.17, 15) is 12.9 Å². The first-order valence-electron chi connectivity index (χ1n) is 7.01. The fraction of sp³-hybridized carbons (Fsp3) is 1.00. The van der Waals surface area contributed by atoms with Gasteiger partial charge in [0.05, 0.1) is 0 Å². The lowest BCUT2D eigenvalue weighted by Gasteiger charge is -2.18. The summed E-state index contributed by atoms with van der Waals surface area (Å²) in [5.41, 5.74) is 0. The molecule has 0 radical (unpaired) electrons. The highest BCUT2D eigenvalue weighted by Gasteiger charge is 2.28. The maximum atomic E-state index is 14.0. The second-order valence-electron chi connectivity index (χ2n) is 4.91. The normalized spacial score (nSPS) is 13.1. The molecule has 0 aliphatic carbocycles. The minimum Gasteiger partial charge on any atom is -0.314 e. The molecule has 5 heteroatoms. The Balaban J connectivity index is 3.29. The van der Waals surface area contributed by atoms with Gasteiger partial charge >= 0.3 is 0 Å². The van der Waals surface area contributed by atoms with Crippen LogP contribution in [0.5, 0.6) is 0 Å². The van der Waals surface area contributed by atoms with E-state index in [4.69, 9.17) is 0 Å². The fourth-order valence-electron chi connectivity index (χ4n) is 2.05. The van der Waals surface area contributed by atoms with Gasteiger partial charge in [-0.25, -0.2) is 8.78 Å². The van der Waals surface area contributed by atoms with E-state index in [2.05, 4.69) is 0 Å². The average molecular weight is 285 g/mol. The summed E-state index contributed by atoms with van der Waals surface area (Å²) in [4.78, 5) is 0. The van der Waals surface area contributed by atoms with E-state index in [1.54, 1.807) is 0 Å². The fourth-order valence-corrected chi connectivity index (χ4v) is 5.45. The summed E-state index contributed by atoms with van der Waals surface area (Å²) >= 11 is 0. The first-order chi connectivity index (χ1) is 8.04. The molecular weight excluding hydrogens is 257 g/mol.